The van der Waals surface area contributed by atoms with Crippen molar-refractivity contribution in [2.45, 2.75) is 140 Å². The van der Waals surface area contributed by atoms with Crippen LogP contribution in [-0.4, -0.2) is 55.4 Å². The highest BCUT2D eigenvalue weighted by Crippen LogP contribution is 2.43. The average molecular weight is 592 g/mol. The second-order valence-electron chi connectivity index (χ2n) is 12.1. The molecule has 0 spiro atoms. The van der Waals surface area contributed by atoms with Crippen LogP contribution >= 0.6 is 27.5 Å². The number of aliphatic hydroxyl groups excluding tert-OH is 1. The predicted octanol–water partition coefficient (Wildman–Crippen LogP) is 7.42. The molecule has 0 aromatic rings. The lowest BCUT2D eigenvalue weighted by atomic mass is 9.77. The Morgan fingerprint density at radius 3 is 2.40 bits per heavy atom. The van der Waals surface area contributed by atoms with Gasteiger partial charge in [-0.25, -0.2) is 0 Å². The van der Waals surface area contributed by atoms with Gasteiger partial charge in [-0.1, -0.05) is 75.9 Å². The molecule has 2 saturated heterocycles. The monoisotopic (exact) mass is 590 g/mol. The summed E-state index contributed by atoms with van der Waals surface area (Å²) in [6.45, 7) is 21.8. The summed E-state index contributed by atoms with van der Waals surface area (Å²) in [6, 6.07) is 0. The molecule has 0 amide bonds. The number of hydrogen-bond donors (Lipinski definition) is 1. The fraction of sp³-hybridized carbons (Fsp3) is 0.857. The van der Waals surface area contributed by atoms with E-state index in [2.05, 4.69) is 89.0 Å². The van der Waals surface area contributed by atoms with Crippen LogP contribution in [0, 0.1) is 23.7 Å². The SMILES string of the molecule is C=C(Br)C[C@H](Cl)CCC(O)C#C[C@H](O[Si](C)(C)C(C)(C)C)[C@@H]1O[C@H]2CC[C@H](CC)O[C@@H]2[C@H](C)[C@@H]1C. The number of allylic oxidation sites excluding steroid dienone is 1. The summed E-state index contributed by atoms with van der Waals surface area (Å²) < 4.78 is 20.9. The molecule has 1 unspecified atom stereocenters. The second-order valence-corrected chi connectivity index (χ2v) is 18.6. The lowest BCUT2D eigenvalue weighted by molar-refractivity contribution is -0.236. The van der Waals surface area contributed by atoms with E-state index < -0.39 is 14.4 Å². The third kappa shape index (κ3) is 8.84. The van der Waals surface area contributed by atoms with Gasteiger partial charge in [-0.3, -0.25) is 0 Å². The Balaban J connectivity index is 2.22. The van der Waals surface area contributed by atoms with Crippen LogP contribution < -0.4 is 0 Å². The Labute approximate surface area is 229 Å². The van der Waals surface area contributed by atoms with Gasteiger partial charge in [-0.05, 0) is 73.0 Å². The number of aliphatic hydroxyl groups is 1. The molecule has 9 atom stereocenters. The van der Waals surface area contributed by atoms with Crippen molar-refractivity contribution in [3.8, 4) is 11.8 Å². The zero-order chi connectivity index (χ0) is 26.6. The Hall–Kier alpha value is 0.127. The lowest BCUT2D eigenvalue weighted by Crippen LogP contribution is -2.58. The first-order chi connectivity index (χ1) is 16.2. The minimum Gasteiger partial charge on any atom is -0.401 e. The van der Waals surface area contributed by atoms with E-state index in [9.17, 15) is 5.11 Å². The molecule has 7 heteroatoms. The molecule has 35 heavy (non-hydrogen) atoms. The fourth-order valence-electron chi connectivity index (χ4n) is 4.68. The molecule has 0 aromatic carbocycles. The lowest BCUT2D eigenvalue weighted by Gasteiger charge is -2.50. The molecular formula is C28H48BrClO4Si. The molecule has 202 valence electrons. The minimum absolute atomic E-state index is 0.0455. The van der Waals surface area contributed by atoms with Crippen LogP contribution in [0.25, 0.3) is 0 Å². The number of rotatable bonds is 9. The number of halogens is 2. The van der Waals surface area contributed by atoms with E-state index in [1.165, 1.54) is 0 Å². The largest absolute Gasteiger partial charge is 0.401 e. The van der Waals surface area contributed by atoms with Gasteiger partial charge >= 0.3 is 0 Å². The standard InChI is InChI=1S/C28H48BrClO4Si/c1-10-23-14-16-24-26(32-23)19(3)20(4)27(33-24)25(34-35(8,9)28(5,6)7)15-13-22(31)12-11-21(30)17-18(2)29/h19-27,31H,2,10-12,14,16-17H2,1,3-9H3/t19-,20+,21-,22?,23+,24+,25+,26-,27-/m1/s1. The molecule has 2 heterocycles. The number of fused-ring (bicyclic) bond motifs is 1. The summed E-state index contributed by atoms with van der Waals surface area (Å²) >= 11 is 9.72. The molecule has 4 nitrogen and oxygen atoms in total. The number of hydrogen-bond acceptors (Lipinski definition) is 4. The van der Waals surface area contributed by atoms with Crippen molar-refractivity contribution in [1.82, 2.24) is 0 Å². The summed E-state index contributed by atoms with van der Waals surface area (Å²) in [5.74, 6) is 6.98. The smallest absolute Gasteiger partial charge is 0.193 e. The highest BCUT2D eigenvalue weighted by atomic mass is 79.9. The van der Waals surface area contributed by atoms with Crippen molar-refractivity contribution in [2.75, 3.05) is 0 Å². The van der Waals surface area contributed by atoms with Crippen molar-refractivity contribution < 1.29 is 19.0 Å². The first-order valence-electron chi connectivity index (χ1n) is 13.3. The van der Waals surface area contributed by atoms with Crippen LogP contribution in [0.5, 0.6) is 0 Å². The van der Waals surface area contributed by atoms with Crippen LogP contribution in [0.1, 0.15) is 80.1 Å². The Morgan fingerprint density at radius 2 is 1.83 bits per heavy atom. The van der Waals surface area contributed by atoms with E-state index in [0.717, 1.165) is 23.7 Å². The fourth-order valence-corrected chi connectivity index (χ4v) is 6.75. The minimum atomic E-state index is -2.12. The molecule has 2 rings (SSSR count). The molecule has 0 radical (unpaired) electrons. The third-order valence-electron chi connectivity index (χ3n) is 8.26. The molecule has 2 aliphatic heterocycles. The number of alkyl halides is 1. The van der Waals surface area contributed by atoms with Crippen LogP contribution in [0.15, 0.2) is 11.1 Å². The Kier molecular flexibility index (Phi) is 11.9. The van der Waals surface area contributed by atoms with Crippen LogP contribution in [0.3, 0.4) is 0 Å². The van der Waals surface area contributed by atoms with Gasteiger partial charge in [0.25, 0.3) is 0 Å². The molecule has 1 N–H and O–H groups in total. The van der Waals surface area contributed by atoms with E-state index >= 15 is 0 Å². The second kappa shape index (κ2) is 13.3. The topological polar surface area (TPSA) is 47.9 Å². The Morgan fingerprint density at radius 1 is 1.17 bits per heavy atom. The van der Waals surface area contributed by atoms with Crippen molar-refractivity contribution in [2.24, 2.45) is 11.8 Å². The third-order valence-corrected chi connectivity index (χ3v) is 13.4. The summed E-state index contributed by atoms with van der Waals surface area (Å²) in [5.41, 5.74) is 0. The van der Waals surface area contributed by atoms with Gasteiger partial charge in [0, 0.05) is 5.38 Å². The summed E-state index contributed by atoms with van der Waals surface area (Å²) in [5, 5.41) is 10.6. The van der Waals surface area contributed by atoms with Crippen LogP contribution in [0.4, 0.5) is 0 Å². The van der Waals surface area contributed by atoms with Crippen molar-refractivity contribution >= 4 is 35.8 Å². The van der Waals surface area contributed by atoms with Crippen LogP contribution in [0.2, 0.25) is 18.1 Å². The number of ether oxygens (including phenoxy) is 2. The van der Waals surface area contributed by atoms with E-state index in [0.29, 0.717) is 31.3 Å². The van der Waals surface area contributed by atoms with Gasteiger partial charge in [0.15, 0.2) is 8.32 Å². The highest BCUT2D eigenvalue weighted by Gasteiger charge is 2.49. The normalized spacial score (nSPS) is 32.1. The summed E-state index contributed by atoms with van der Waals surface area (Å²) in [7, 11) is -2.12. The van der Waals surface area contributed by atoms with Gasteiger partial charge in [0.2, 0.25) is 0 Å². The first kappa shape index (κ1) is 31.3. The van der Waals surface area contributed by atoms with Gasteiger partial charge in [-0.2, -0.15) is 0 Å². The first-order valence-corrected chi connectivity index (χ1v) is 17.4. The summed E-state index contributed by atoms with van der Waals surface area (Å²) in [6.07, 6.45) is 4.17. The van der Waals surface area contributed by atoms with Crippen molar-refractivity contribution in [1.29, 1.82) is 0 Å². The predicted molar refractivity (Wildman–Crippen MR) is 153 cm³/mol. The zero-order valence-electron chi connectivity index (χ0n) is 23.1. The van der Waals surface area contributed by atoms with Crippen molar-refractivity contribution in [3.63, 3.8) is 0 Å². The molecule has 2 fully saturated rings. The molecule has 0 saturated carbocycles. The van der Waals surface area contributed by atoms with E-state index in [-0.39, 0.29) is 40.7 Å². The average Bonchev–Trinajstić information content (AvgIpc) is 2.76. The highest BCUT2D eigenvalue weighted by molar-refractivity contribution is 9.11. The molecule has 0 bridgehead atoms. The maximum absolute atomic E-state index is 10.6. The van der Waals surface area contributed by atoms with E-state index in [4.69, 9.17) is 25.5 Å². The summed E-state index contributed by atoms with van der Waals surface area (Å²) in [4.78, 5) is 0. The van der Waals surface area contributed by atoms with Crippen molar-refractivity contribution in [3.05, 3.63) is 11.1 Å². The van der Waals surface area contributed by atoms with Crippen LogP contribution in [-0.2, 0) is 13.9 Å². The van der Waals surface area contributed by atoms with Gasteiger partial charge in [0.1, 0.15) is 12.2 Å². The van der Waals surface area contributed by atoms with E-state index in [1.54, 1.807) is 0 Å². The van der Waals surface area contributed by atoms with Gasteiger partial charge in [-0.15, -0.1) is 11.6 Å². The maximum atomic E-state index is 10.6. The van der Waals surface area contributed by atoms with Gasteiger partial charge in [0.05, 0.1) is 24.4 Å². The van der Waals surface area contributed by atoms with E-state index in [1.807, 2.05) is 0 Å². The zero-order valence-corrected chi connectivity index (χ0v) is 26.4. The molecule has 0 aromatic heterocycles. The molecule has 0 aliphatic carbocycles. The maximum Gasteiger partial charge on any atom is 0.193 e. The Bertz CT molecular complexity index is 756. The molecule has 2 aliphatic rings. The molecular weight excluding hydrogens is 544 g/mol. The quantitative estimate of drug-likeness (QED) is 0.172. The van der Waals surface area contributed by atoms with Gasteiger partial charge < -0.3 is 19.0 Å².